The van der Waals surface area contributed by atoms with Crippen LogP contribution in [0.3, 0.4) is 0 Å². The molecule has 5 nitrogen and oxygen atoms in total. The van der Waals surface area contributed by atoms with Crippen LogP contribution in [-0.4, -0.2) is 49.6 Å². The molecule has 0 aliphatic heterocycles. The first-order valence-corrected chi connectivity index (χ1v) is 9.30. The molecule has 0 aliphatic carbocycles. The van der Waals surface area contributed by atoms with Gasteiger partial charge in [-0.25, -0.2) is 4.98 Å². The molecule has 0 spiro atoms. The molecule has 2 aromatic rings. The second-order valence-electron chi connectivity index (χ2n) is 5.93. The normalized spacial score (nSPS) is 11.7. The first kappa shape index (κ1) is 24.5. The summed E-state index contributed by atoms with van der Waals surface area (Å²) in [6, 6.07) is 7.82. The SMILES string of the molecule is CN=C(NCCc1nc(C(F)(F)F)cs1)N(C)CCOc1ccc(C)cc1.I. The minimum atomic E-state index is -4.39. The van der Waals surface area contributed by atoms with E-state index in [4.69, 9.17) is 4.74 Å². The van der Waals surface area contributed by atoms with Gasteiger partial charge in [0.05, 0.1) is 11.6 Å². The van der Waals surface area contributed by atoms with Crippen molar-refractivity contribution in [1.29, 1.82) is 0 Å². The third-order valence-electron chi connectivity index (χ3n) is 3.75. The minimum Gasteiger partial charge on any atom is -0.492 e. The molecule has 0 saturated carbocycles. The van der Waals surface area contributed by atoms with E-state index < -0.39 is 11.9 Å². The molecule has 0 amide bonds. The molecule has 2 rings (SSSR count). The standard InChI is InChI=1S/C18H23F3N4OS.HI/c1-13-4-6-14(7-5-13)26-11-10-25(3)17(22-2)23-9-8-16-24-15(12-27-16)18(19,20)21;/h4-7,12H,8-11H2,1-3H3,(H,22,23);1H. The molecule has 0 saturated heterocycles. The highest BCUT2D eigenvalue weighted by molar-refractivity contribution is 14.0. The van der Waals surface area contributed by atoms with E-state index >= 15 is 0 Å². The number of aryl methyl sites for hydroxylation is 1. The fraction of sp³-hybridized carbons (Fsp3) is 0.444. The van der Waals surface area contributed by atoms with Crippen molar-refractivity contribution in [1.82, 2.24) is 15.2 Å². The van der Waals surface area contributed by atoms with Crippen LogP contribution in [0.5, 0.6) is 5.75 Å². The molecule has 0 atom stereocenters. The average Bonchev–Trinajstić information content (AvgIpc) is 3.09. The first-order chi connectivity index (χ1) is 12.8. The van der Waals surface area contributed by atoms with Gasteiger partial charge in [0.1, 0.15) is 12.4 Å². The van der Waals surface area contributed by atoms with Crippen molar-refractivity contribution in [3.05, 3.63) is 45.9 Å². The number of nitrogens with zero attached hydrogens (tertiary/aromatic N) is 3. The van der Waals surface area contributed by atoms with E-state index in [1.165, 1.54) is 5.56 Å². The summed E-state index contributed by atoms with van der Waals surface area (Å²) in [5, 5.41) is 4.61. The van der Waals surface area contributed by atoms with Crippen LogP contribution < -0.4 is 10.1 Å². The highest BCUT2D eigenvalue weighted by Gasteiger charge is 2.33. The predicted molar refractivity (Wildman–Crippen MR) is 117 cm³/mol. The third-order valence-corrected chi connectivity index (χ3v) is 4.66. The zero-order valence-corrected chi connectivity index (χ0v) is 19.1. The number of hydrogen-bond donors (Lipinski definition) is 1. The van der Waals surface area contributed by atoms with E-state index in [-0.39, 0.29) is 24.0 Å². The predicted octanol–water partition coefficient (Wildman–Crippen LogP) is 4.22. The van der Waals surface area contributed by atoms with Gasteiger partial charge in [0, 0.05) is 32.4 Å². The number of aromatic nitrogens is 1. The lowest BCUT2D eigenvalue weighted by Crippen LogP contribution is -2.41. The molecule has 0 bridgehead atoms. The molecule has 0 radical (unpaired) electrons. The second kappa shape index (κ2) is 11.4. The van der Waals surface area contributed by atoms with Crippen molar-refractivity contribution in [2.75, 3.05) is 33.8 Å². The number of guanidine groups is 1. The largest absolute Gasteiger partial charge is 0.492 e. The Hall–Kier alpha value is -1.56. The molecule has 10 heteroatoms. The summed E-state index contributed by atoms with van der Waals surface area (Å²) in [5.74, 6) is 1.45. The lowest BCUT2D eigenvalue weighted by molar-refractivity contribution is -0.140. The van der Waals surface area contributed by atoms with Crippen molar-refractivity contribution in [2.45, 2.75) is 19.5 Å². The zero-order valence-electron chi connectivity index (χ0n) is 15.9. The number of thiazole rings is 1. The lowest BCUT2D eigenvalue weighted by Gasteiger charge is -2.22. The minimum absolute atomic E-state index is 0. The maximum atomic E-state index is 12.6. The number of rotatable bonds is 7. The number of benzene rings is 1. The van der Waals surface area contributed by atoms with Gasteiger partial charge in [0.25, 0.3) is 0 Å². The van der Waals surface area contributed by atoms with Crippen molar-refractivity contribution < 1.29 is 17.9 Å². The Morgan fingerprint density at radius 2 is 1.96 bits per heavy atom. The van der Waals surface area contributed by atoms with Gasteiger partial charge in [-0.3, -0.25) is 4.99 Å². The molecule has 1 N–H and O–H groups in total. The van der Waals surface area contributed by atoms with Crippen molar-refractivity contribution >= 4 is 41.3 Å². The van der Waals surface area contributed by atoms with E-state index in [2.05, 4.69) is 15.3 Å². The topological polar surface area (TPSA) is 49.8 Å². The van der Waals surface area contributed by atoms with Gasteiger partial charge < -0.3 is 15.0 Å². The van der Waals surface area contributed by atoms with E-state index in [1.807, 2.05) is 43.1 Å². The number of nitrogens with one attached hydrogen (secondary N) is 1. The molecular formula is C18H24F3IN4OS. The van der Waals surface area contributed by atoms with Gasteiger partial charge >= 0.3 is 6.18 Å². The van der Waals surface area contributed by atoms with Crippen LogP contribution in [-0.2, 0) is 12.6 Å². The molecule has 1 heterocycles. The molecule has 0 unspecified atom stereocenters. The zero-order chi connectivity index (χ0) is 19.9. The van der Waals surface area contributed by atoms with Gasteiger partial charge in [-0.15, -0.1) is 35.3 Å². The molecule has 28 heavy (non-hydrogen) atoms. The molecular weight excluding hydrogens is 504 g/mol. The summed E-state index contributed by atoms with van der Waals surface area (Å²) in [6.07, 6.45) is -4.00. The van der Waals surface area contributed by atoms with Crippen LogP contribution in [0.25, 0.3) is 0 Å². The summed E-state index contributed by atoms with van der Waals surface area (Å²) in [7, 11) is 3.53. The third kappa shape index (κ3) is 7.82. The van der Waals surface area contributed by atoms with Gasteiger partial charge in [0.15, 0.2) is 11.7 Å². The van der Waals surface area contributed by atoms with Crippen LogP contribution in [0.15, 0.2) is 34.6 Å². The van der Waals surface area contributed by atoms with Crippen LogP contribution >= 0.6 is 35.3 Å². The van der Waals surface area contributed by atoms with E-state index in [1.54, 1.807) is 7.05 Å². The number of likely N-dealkylation sites (N-methyl/N-ethyl adjacent to an activating group) is 1. The van der Waals surface area contributed by atoms with Crippen LogP contribution in [0.4, 0.5) is 13.2 Å². The Kier molecular flexibility index (Phi) is 10.0. The van der Waals surface area contributed by atoms with Crippen LogP contribution in [0, 0.1) is 6.92 Å². The Bertz CT molecular complexity index is 750. The van der Waals surface area contributed by atoms with Crippen molar-refractivity contribution in [3.63, 3.8) is 0 Å². The van der Waals surface area contributed by atoms with Gasteiger partial charge in [-0.1, -0.05) is 17.7 Å². The Morgan fingerprint density at radius 1 is 1.29 bits per heavy atom. The highest BCUT2D eigenvalue weighted by Crippen LogP contribution is 2.29. The summed E-state index contributed by atoms with van der Waals surface area (Å²) in [6.45, 7) is 3.56. The summed E-state index contributed by atoms with van der Waals surface area (Å²) >= 11 is 1.01. The Morgan fingerprint density at radius 3 is 2.54 bits per heavy atom. The van der Waals surface area contributed by atoms with E-state index in [0.29, 0.717) is 37.1 Å². The second-order valence-corrected chi connectivity index (χ2v) is 6.87. The fourth-order valence-electron chi connectivity index (χ4n) is 2.26. The highest BCUT2D eigenvalue weighted by atomic mass is 127. The average molecular weight is 528 g/mol. The van der Waals surface area contributed by atoms with Gasteiger partial charge in [-0.05, 0) is 19.1 Å². The summed E-state index contributed by atoms with van der Waals surface area (Å²) in [4.78, 5) is 9.70. The number of ether oxygens (including phenoxy) is 1. The maximum Gasteiger partial charge on any atom is 0.434 e. The number of alkyl halides is 3. The van der Waals surface area contributed by atoms with Crippen molar-refractivity contribution in [2.24, 2.45) is 4.99 Å². The molecule has 0 aliphatic rings. The molecule has 0 fully saturated rings. The molecule has 156 valence electrons. The van der Waals surface area contributed by atoms with Gasteiger partial charge in [-0.2, -0.15) is 13.2 Å². The smallest absolute Gasteiger partial charge is 0.434 e. The van der Waals surface area contributed by atoms with E-state index in [9.17, 15) is 13.2 Å². The Labute approximate surface area is 184 Å². The van der Waals surface area contributed by atoms with Crippen molar-refractivity contribution in [3.8, 4) is 5.75 Å². The number of halogens is 4. The van der Waals surface area contributed by atoms with Gasteiger partial charge in [0.2, 0.25) is 0 Å². The monoisotopic (exact) mass is 528 g/mol. The Balaban J connectivity index is 0.00000392. The summed E-state index contributed by atoms with van der Waals surface area (Å²) < 4.78 is 43.4. The fourth-order valence-corrected chi connectivity index (χ4v) is 3.07. The quantitative estimate of drug-likeness (QED) is 0.333. The van der Waals surface area contributed by atoms with Crippen LogP contribution in [0.2, 0.25) is 0 Å². The number of hydrogen-bond acceptors (Lipinski definition) is 4. The summed E-state index contributed by atoms with van der Waals surface area (Å²) in [5.41, 5.74) is 0.337. The lowest BCUT2D eigenvalue weighted by atomic mass is 10.2. The first-order valence-electron chi connectivity index (χ1n) is 8.42. The molecule has 1 aromatic heterocycles. The number of aliphatic imine (C=N–C) groups is 1. The van der Waals surface area contributed by atoms with Crippen LogP contribution in [0.1, 0.15) is 16.3 Å². The maximum absolute atomic E-state index is 12.6. The van der Waals surface area contributed by atoms with E-state index in [0.717, 1.165) is 22.5 Å². The molecule has 1 aromatic carbocycles.